The molecule has 0 spiro atoms. The topological polar surface area (TPSA) is 74.2 Å². The number of hydrogen-bond acceptors (Lipinski definition) is 5. The molecule has 3 aliphatic rings. The molecule has 0 radical (unpaired) electrons. The van der Waals surface area contributed by atoms with Gasteiger partial charge < -0.3 is 23.6 Å². The SMILES string of the molecule is COCOc1cc2c(c3c1C1CCC3C1)OC(C)(CCCP(=O)(O)OC)CC2. The van der Waals surface area contributed by atoms with Gasteiger partial charge in [0, 0.05) is 25.3 Å². The van der Waals surface area contributed by atoms with E-state index in [9.17, 15) is 9.46 Å². The summed E-state index contributed by atoms with van der Waals surface area (Å²) >= 11 is 0. The number of ether oxygens (including phenoxy) is 3. The van der Waals surface area contributed by atoms with Crippen LogP contribution in [0.5, 0.6) is 11.5 Å². The lowest BCUT2D eigenvalue weighted by atomic mass is 9.83. The van der Waals surface area contributed by atoms with Gasteiger partial charge in [0.25, 0.3) is 0 Å². The molecule has 2 bridgehead atoms. The molecule has 156 valence electrons. The van der Waals surface area contributed by atoms with Gasteiger partial charge in [0.2, 0.25) is 0 Å². The molecule has 1 fully saturated rings. The maximum Gasteiger partial charge on any atom is 0.327 e. The highest BCUT2D eigenvalue weighted by Gasteiger charge is 2.44. The monoisotopic (exact) mass is 410 g/mol. The van der Waals surface area contributed by atoms with Crippen molar-refractivity contribution in [3.8, 4) is 11.5 Å². The van der Waals surface area contributed by atoms with E-state index in [2.05, 4.69) is 13.0 Å². The van der Waals surface area contributed by atoms with E-state index in [1.807, 2.05) is 0 Å². The summed E-state index contributed by atoms with van der Waals surface area (Å²) in [7, 11) is -0.524. The Morgan fingerprint density at radius 1 is 1.29 bits per heavy atom. The van der Waals surface area contributed by atoms with Crippen molar-refractivity contribution in [3.05, 3.63) is 22.8 Å². The van der Waals surface area contributed by atoms with Crippen LogP contribution < -0.4 is 9.47 Å². The van der Waals surface area contributed by atoms with E-state index in [1.54, 1.807) is 7.11 Å². The van der Waals surface area contributed by atoms with Gasteiger partial charge in [-0.2, -0.15) is 0 Å². The Labute approximate surface area is 167 Å². The molecular formula is C21H31O6P. The fourth-order valence-corrected chi connectivity index (χ4v) is 5.97. The van der Waals surface area contributed by atoms with Crippen LogP contribution in [0.15, 0.2) is 6.07 Å². The van der Waals surface area contributed by atoms with Crippen molar-refractivity contribution in [1.29, 1.82) is 0 Å². The quantitative estimate of drug-likeness (QED) is 0.493. The molecule has 4 atom stereocenters. The normalized spacial score (nSPS) is 29.7. The number of fused-ring (bicyclic) bond motifs is 7. The third kappa shape index (κ3) is 3.72. The molecule has 1 aromatic rings. The largest absolute Gasteiger partial charge is 0.487 e. The molecule has 6 nitrogen and oxygen atoms in total. The van der Waals surface area contributed by atoms with Gasteiger partial charge in [-0.05, 0) is 75.3 Å². The highest BCUT2D eigenvalue weighted by atomic mass is 31.2. The average Bonchev–Trinajstić information content (AvgIpc) is 3.28. The first-order valence-corrected chi connectivity index (χ1v) is 12.0. The van der Waals surface area contributed by atoms with Gasteiger partial charge in [0.05, 0.1) is 6.16 Å². The molecule has 7 heteroatoms. The van der Waals surface area contributed by atoms with Crippen molar-refractivity contribution >= 4 is 7.60 Å². The minimum Gasteiger partial charge on any atom is -0.487 e. The summed E-state index contributed by atoms with van der Waals surface area (Å²) in [6.07, 6.45) is 6.97. The Morgan fingerprint density at radius 2 is 2.04 bits per heavy atom. The number of benzene rings is 1. The van der Waals surface area contributed by atoms with E-state index in [-0.39, 0.29) is 18.6 Å². The van der Waals surface area contributed by atoms with Crippen LogP contribution in [0, 0.1) is 0 Å². The van der Waals surface area contributed by atoms with Crippen molar-refractivity contribution in [2.45, 2.75) is 69.3 Å². The van der Waals surface area contributed by atoms with Gasteiger partial charge >= 0.3 is 7.60 Å². The third-order valence-electron chi connectivity index (χ3n) is 6.68. The Bertz CT molecular complexity index is 794. The molecule has 0 amide bonds. The zero-order chi connectivity index (χ0) is 19.9. The lowest BCUT2D eigenvalue weighted by molar-refractivity contribution is 0.0462. The summed E-state index contributed by atoms with van der Waals surface area (Å²) in [5.74, 6) is 3.15. The summed E-state index contributed by atoms with van der Waals surface area (Å²) in [4.78, 5) is 9.66. The second-order valence-electron chi connectivity index (χ2n) is 8.65. The molecular weight excluding hydrogens is 379 g/mol. The zero-order valence-corrected chi connectivity index (χ0v) is 17.9. The van der Waals surface area contributed by atoms with Crippen molar-refractivity contribution in [3.63, 3.8) is 0 Å². The Hall–Kier alpha value is -1.07. The maximum atomic E-state index is 11.8. The molecule has 28 heavy (non-hydrogen) atoms. The average molecular weight is 410 g/mol. The van der Waals surface area contributed by atoms with Crippen LogP contribution in [0.3, 0.4) is 0 Å². The first kappa shape index (κ1) is 20.2. The lowest BCUT2D eigenvalue weighted by Crippen LogP contribution is -2.37. The fourth-order valence-electron chi connectivity index (χ4n) is 5.23. The van der Waals surface area contributed by atoms with Crippen LogP contribution in [0.4, 0.5) is 0 Å². The van der Waals surface area contributed by atoms with E-state index in [0.29, 0.717) is 18.3 Å². The van der Waals surface area contributed by atoms with E-state index in [4.69, 9.17) is 18.7 Å². The minimum atomic E-state index is -3.46. The van der Waals surface area contributed by atoms with Crippen molar-refractivity contribution in [1.82, 2.24) is 0 Å². The molecule has 4 rings (SSSR count). The van der Waals surface area contributed by atoms with Crippen LogP contribution in [-0.2, 0) is 20.2 Å². The molecule has 2 aliphatic carbocycles. The van der Waals surface area contributed by atoms with Crippen molar-refractivity contribution < 1.29 is 28.2 Å². The molecule has 1 N–H and O–H groups in total. The predicted octanol–water partition coefficient (Wildman–Crippen LogP) is 4.73. The summed E-state index contributed by atoms with van der Waals surface area (Å²) in [6.45, 7) is 2.39. The summed E-state index contributed by atoms with van der Waals surface area (Å²) in [5.41, 5.74) is 3.59. The summed E-state index contributed by atoms with van der Waals surface area (Å²) in [6, 6.07) is 2.15. The molecule has 0 saturated heterocycles. The highest BCUT2D eigenvalue weighted by molar-refractivity contribution is 7.52. The molecule has 4 unspecified atom stereocenters. The number of aryl methyl sites for hydroxylation is 1. The fraction of sp³-hybridized carbons (Fsp3) is 0.714. The smallest absolute Gasteiger partial charge is 0.327 e. The molecule has 1 saturated carbocycles. The van der Waals surface area contributed by atoms with Crippen LogP contribution in [0.2, 0.25) is 0 Å². The second-order valence-corrected chi connectivity index (χ2v) is 10.7. The summed E-state index contributed by atoms with van der Waals surface area (Å²) in [5, 5.41) is 0. The number of methoxy groups -OCH3 is 1. The Balaban J connectivity index is 1.58. The molecule has 1 heterocycles. The standard InChI is InChI=1S/C21H31O6P/c1-21(8-4-10-28(22,23)25-3)9-7-16-12-17(26-13-24-2)18-14-5-6-15(11-14)19(18)20(16)27-21/h12,14-15H,4-11,13H2,1-3H3,(H,22,23). The van der Waals surface area contributed by atoms with E-state index in [0.717, 1.165) is 30.8 Å². The number of rotatable bonds is 8. The molecule has 0 aromatic heterocycles. The van der Waals surface area contributed by atoms with Crippen LogP contribution in [0.1, 0.15) is 74.0 Å². The van der Waals surface area contributed by atoms with Gasteiger partial charge in [-0.15, -0.1) is 0 Å². The minimum absolute atomic E-state index is 0.169. The van der Waals surface area contributed by atoms with E-state index < -0.39 is 7.60 Å². The van der Waals surface area contributed by atoms with Gasteiger partial charge in [-0.3, -0.25) is 4.57 Å². The third-order valence-corrected chi connectivity index (χ3v) is 8.13. The maximum absolute atomic E-state index is 11.8. The first-order chi connectivity index (χ1) is 13.4. The highest BCUT2D eigenvalue weighted by Crippen LogP contribution is 2.60. The predicted molar refractivity (Wildman–Crippen MR) is 107 cm³/mol. The Kier molecular flexibility index (Phi) is 5.51. The van der Waals surface area contributed by atoms with Crippen LogP contribution in [-0.4, -0.2) is 37.7 Å². The second kappa shape index (κ2) is 7.64. The van der Waals surface area contributed by atoms with Gasteiger partial charge in [0.15, 0.2) is 6.79 Å². The zero-order valence-electron chi connectivity index (χ0n) is 17.0. The Morgan fingerprint density at radius 3 is 2.75 bits per heavy atom. The van der Waals surface area contributed by atoms with Gasteiger partial charge in [-0.25, -0.2) is 0 Å². The molecule has 1 aromatic carbocycles. The molecule has 1 aliphatic heterocycles. The summed E-state index contributed by atoms with van der Waals surface area (Å²) < 4.78 is 34.2. The van der Waals surface area contributed by atoms with Gasteiger partial charge in [0.1, 0.15) is 17.1 Å². The van der Waals surface area contributed by atoms with Crippen LogP contribution >= 0.6 is 7.60 Å². The first-order valence-electron chi connectivity index (χ1n) is 10.2. The van der Waals surface area contributed by atoms with E-state index in [1.165, 1.54) is 43.1 Å². The van der Waals surface area contributed by atoms with Crippen molar-refractivity contribution in [2.24, 2.45) is 0 Å². The van der Waals surface area contributed by atoms with Crippen LogP contribution in [0.25, 0.3) is 0 Å². The number of hydrogen-bond donors (Lipinski definition) is 1. The van der Waals surface area contributed by atoms with Crippen molar-refractivity contribution in [2.75, 3.05) is 27.2 Å². The van der Waals surface area contributed by atoms with Gasteiger partial charge in [-0.1, -0.05) is 0 Å². The van der Waals surface area contributed by atoms with E-state index >= 15 is 0 Å². The lowest BCUT2D eigenvalue weighted by Gasteiger charge is -2.38.